The van der Waals surface area contributed by atoms with E-state index in [-0.39, 0.29) is 18.0 Å². The molecule has 24 heavy (non-hydrogen) atoms. The molecule has 0 unspecified atom stereocenters. The highest BCUT2D eigenvalue weighted by atomic mass is 35.5. The van der Waals surface area contributed by atoms with Crippen molar-refractivity contribution in [3.8, 4) is 0 Å². The van der Waals surface area contributed by atoms with Crippen molar-refractivity contribution in [1.29, 1.82) is 0 Å². The summed E-state index contributed by atoms with van der Waals surface area (Å²) in [5.41, 5.74) is 1.50. The minimum atomic E-state index is -0.307. The van der Waals surface area contributed by atoms with Crippen molar-refractivity contribution in [2.45, 2.75) is 25.8 Å². The molecule has 0 fully saturated rings. The zero-order valence-electron chi connectivity index (χ0n) is 12.7. The Hall–Kier alpha value is -2.18. The smallest absolute Gasteiger partial charge is 0.262 e. The summed E-state index contributed by atoms with van der Waals surface area (Å²) in [5.74, 6) is -0.307. The van der Waals surface area contributed by atoms with Gasteiger partial charge in [-0.3, -0.25) is 14.2 Å². The van der Waals surface area contributed by atoms with E-state index in [2.05, 4.69) is 10.3 Å². The minimum absolute atomic E-state index is 0.0857. The Bertz CT molecular complexity index is 1010. The maximum Gasteiger partial charge on any atom is 0.262 e. The lowest BCUT2D eigenvalue weighted by Crippen LogP contribution is -2.28. The number of anilines is 1. The lowest BCUT2D eigenvalue weighted by molar-refractivity contribution is -0.116. The molecule has 1 N–H and O–H groups in total. The zero-order chi connectivity index (χ0) is 16.7. The third kappa shape index (κ3) is 2.61. The number of benzene rings is 1. The summed E-state index contributed by atoms with van der Waals surface area (Å²) in [4.78, 5) is 31.4. The van der Waals surface area contributed by atoms with Crippen molar-refractivity contribution in [3.05, 3.63) is 56.4 Å². The summed E-state index contributed by atoms with van der Waals surface area (Å²) < 4.78 is 1.36. The Balaban J connectivity index is 1.63. The number of rotatable bonds is 3. The molecule has 0 spiro atoms. The molecule has 4 rings (SSSR count). The number of aromatic nitrogens is 2. The number of aryl methyl sites for hydroxylation is 2. The van der Waals surface area contributed by atoms with Gasteiger partial charge in [0.15, 0.2) is 0 Å². The van der Waals surface area contributed by atoms with E-state index in [4.69, 9.17) is 11.6 Å². The van der Waals surface area contributed by atoms with E-state index in [1.165, 1.54) is 15.8 Å². The number of para-hydroxylation sites is 1. The van der Waals surface area contributed by atoms with Crippen LogP contribution in [0.5, 0.6) is 0 Å². The Morgan fingerprint density at radius 1 is 1.33 bits per heavy atom. The molecule has 1 aliphatic carbocycles. The Labute approximate surface area is 146 Å². The molecule has 0 saturated heterocycles. The highest BCUT2D eigenvalue weighted by Gasteiger charge is 2.21. The molecule has 0 aliphatic heterocycles. The largest absolute Gasteiger partial charge is 0.323 e. The van der Waals surface area contributed by atoms with Crippen LogP contribution in [0.15, 0.2) is 35.4 Å². The van der Waals surface area contributed by atoms with Crippen molar-refractivity contribution in [2.24, 2.45) is 0 Å². The second-order valence-electron chi connectivity index (χ2n) is 5.74. The van der Waals surface area contributed by atoms with Crippen LogP contribution in [-0.4, -0.2) is 15.5 Å². The molecule has 2 aromatic heterocycles. The molecule has 1 aliphatic rings. The molecule has 3 aromatic rings. The van der Waals surface area contributed by atoms with Gasteiger partial charge in [-0.05, 0) is 37.0 Å². The number of nitrogens with zero attached hydrogens (tertiary/aromatic N) is 2. The standard InChI is InChI=1S/C17H14ClN3O2S/c18-11-5-1-2-6-12(11)20-14(22)8-21-9-19-16-15(17(21)23)10-4-3-7-13(10)24-16/h1-2,5-6,9H,3-4,7-8H2,(H,20,22). The number of fused-ring (bicyclic) bond motifs is 3. The molecule has 7 heteroatoms. The highest BCUT2D eigenvalue weighted by Crippen LogP contribution is 2.34. The highest BCUT2D eigenvalue weighted by molar-refractivity contribution is 7.18. The van der Waals surface area contributed by atoms with Crippen LogP contribution in [0, 0.1) is 0 Å². The van der Waals surface area contributed by atoms with Gasteiger partial charge in [0, 0.05) is 4.88 Å². The number of hydrogen-bond acceptors (Lipinski definition) is 4. The van der Waals surface area contributed by atoms with E-state index in [0.29, 0.717) is 16.1 Å². The summed E-state index contributed by atoms with van der Waals surface area (Å²) in [7, 11) is 0. The SMILES string of the molecule is O=C(Cn1cnc2sc3c(c2c1=O)CCC3)Nc1ccccc1Cl. The average Bonchev–Trinajstić information content (AvgIpc) is 3.13. The molecule has 1 aromatic carbocycles. The predicted octanol–water partition coefficient (Wildman–Crippen LogP) is 3.24. The van der Waals surface area contributed by atoms with E-state index in [1.807, 2.05) is 0 Å². The van der Waals surface area contributed by atoms with Crippen molar-refractivity contribution in [3.63, 3.8) is 0 Å². The first-order chi connectivity index (χ1) is 11.6. The quantitative estimate of drug-likeness (QED) is 0.780. The Morgan fingerprint density at radius 2 is 2.17 bits per heavy atom. The number of carbonyl (C=O) groups excluding carboxylic acids is 1. The van der Waals surface area contributed by atoms with Crippen LogP contribution in [0.2, 0.25) is 5.02 Å². The fourth-order valence-corrected chi connectivity index (χ4v) is 4.44. The van der Waals surface area contributed by atoms with Gasteiger partial charge in [-0.2, -0.15) is 0 Å². The van der Waals surface area contributed by atoms with Gasteiger partial charge in [0.2, 0.25) is 5.91 Å². The van der Waals surface area contributed by atoms with Gasteiger partial charge < -0.3 is 5.32 Å². The Kier molecular flexibility index (Phi) is 3.86. The third-order valence-corrected chi connectivity index (χ3v) is 5.68. The second kappa shape index (κ2) is 6.03. The first-order valence-electron chi connectivity index (χ1n) is 7.67. The summed E-state index contributed by atoms with van der Waals surface area (Å²) >= 11 is 7.63. The topological polar surface area (TPSA) is 64.0 Å². The maximum atomic E-state index is 12.7. The molecule has 0 bridgehead atoms. The van der Waals surface area contributed by atoms with Gasteiger partial charge in [-0.25, -0.2) is 4.98 Å². The lowest BCUT2D eigenvalue weighted by Gasteiger charge is -2.08. The monoisotopic (exact) mass is 359 g/mol. The fraction of sp³-hybridized carbons (Fsp3) is 0.235. The van der Waals surface area contributed by atoms with Gasteiger partial charge in [0.05, 0.1) is 22.4 Å². The molecule has 0 radical (unpaired) electrons. The van der Waals surface area contributed by atoms with Crippen LogP contribution < -0.4 is 10.9 Å². The molecule has 1 amide bonds. The predicted molar refractivity (Wildman–Crippen MR) is 96.0 cm³/mol. The number of thiophene rings is 1. The van der Waals surface area contributed by atoms with Crippen molar-refractivity contribution in [2.75, 3.05) is 5.32 Å². The van der Waals surface area contributed by atoms with Crippen LogP contribution >= 0.6 is 22.9 Å². The number of nitrogens with one attached hydrogen (secondary N) is 1. The molecule has 2 heterocycles. The van der Waals surface area contributed by atoms with E-state index >= 15 is 0 Å². The molecular formula is C17H14ClN3O2S. The fourth-order valence-electron chi connectivity index (χ4n) is 3.04. The molecule has 5 nitrogen and oxygen atoms in total. The summed E-state index contributed by atoms with van der Waals surface area (Å²) in [5, 5.41) is 3.87. The van der Waals surface area contributed by atoms with E-state index < -0.39 is 0 Å². The summed E-state index contributed by atoms with van der Waals surface area (Å²) in [6, 6.07) is 7.00. The van der Waals surface area contributed by atoms with E-state index in [9.17, 15) is 9.59 Å². The van der Waals surface area contributed by atoms with Crippen LogP contribution in [0.4, 0.5) is 5.69 Å². The zero-order valence-corrected chi connectivity index (χ0v) is 14.3. The second-order valence-corrected chi connectivity index (χ2v) is 7.23. The minimum Gasteiger partial charge on any atom is -0.323 e. The van der Waals surface area contributed by atoms with Gasteiger partial charge in [-0.15, -0.1) is 11.3 Å². The van der Waals surface area contributed by atoms with Crippen LogP contribution in [0.3, 0.4) is 0 Å². The van der Waals surface area contributed by atoms with Crippen molar-refractivity contribution in [1.82, 2.24) is 9.55 Å². The van der Waals surface area contributed by atoms with Gasteiger partial charge in [0.1, 0.15) is 11.4 Å². The number of halogens is 1. The number of amides is 1. The third-order valence-electron chi connectivity index (χ3n) is 4.15. The molecule has 0 saturated carbocycles. The lowest BCUT2D eigenvalue weighted by atomic mass is 10.2. The van der Waals surface area contributed by atoms with Crippen molar-refractivity contribution >= 4 is 44.7 Å². The molecule has 122 valence electrons. The summed E-state index contributed by atoms with van der Waals surface area (Å²) in [6.07, 6.45) is 4.46. The molecular weight excluding hydrogens is 346 g/mol. The summed E-state index contributed by atoms with van der Waals surface area (Å²) in [6.45, 7) is -0.0857. The average molecular weight is 360 g/mol. The Morgan fingerprint density at radius 3 is 3.00 bits per heavy atom. The van der Waals surface area contributed by atoms with Crippen LogP contribution in [0.25, 0.3) is 10.2 Å². The van der Waals surface area contributed by atoms with Gasteiger partial charge in [0.25, 0.3) is 5.56 Å². The van der Waals surface area contributed by atoms with E-state index in [1.54, 1.807) is 35.6 Å². The van der Waals surface area contributed by atoms with Crippen molar-refractivity contribution < 1.29 is 4.79 Å². The van der Waals surface area contributed by atoms with Crippen LogP contribution in [-0.2, 0) is 24.2 Å². The first kappa shape index (κ1) is 15.4. The van der Waals surface area contributed by atoms with E-state index in [0.717, 1.165) is 29.7 Å². The molecule has 0 atom stereocenters. The number of hydrogen-bond donors (Lipinski definition) is 1. The normalized spacial score (nSPS) is 13.2. The van der Waals surface area contributed by atoms with Gasteiger partial charge in [-0.1, -0.05) is 23.7 Å². The maximum absolute atomic E-state index is 12.7. The first-order valence-corrected chi connectivity index (χ1v) is 8.87. The number of carbonyl (C=O) groups is 1. The van der Waals surface area contributed by atoms with Gasteiger partial charge >= 0.3 is 0 Å². The van der Waals surface area contributed by atoms with Crippen LogP contribution in [0.1, 0.15) is 16.9 Å².